The highest BCUT2D eigenvalue weighted by atomic mass is 16.5. The standard InChI is InChI=1S/C38H44N8O6/c1-22(2)32(44-38(50)52-5)36(48)46-19-7-9-31(46)34-40-21-29(43-34)27-16-12-25(13-17-27)24-10-14-26(15-11-24)28-20-39-33(42-28)30-8-6-18-45(30)35(47)23(3)41-37(49)51-4/h6,8,10-17,20-23,30-32H,7,9,18-19H2,1-5H3,(H,39,42)(H,40,43)(H,41,49)(H,44,50)/t23-,30-,31-,32-/m0/s1. The number of hydrogen-bond donors (Lipinski definition) is 4. The maximum absolute atomic E-state index is 13.5. The lowest BCUT2D eigenvalue weighted by atomic mass is 10.0. The molecule has 52 heavy (non-hydrogen) atoms. The van der Waals surface area contributed by atoms with E-state index in [1.54, 1.807) is 29.1 Å². The Balaban J connectivity index is 1.10. The van der Waals surface area contributed by atoms with Crippen LogP contribution in [0.15, 0.2) is 73.1 Å². The summed E-state index contributed by atoms with van der Waals surface area (Å²) in [7, 11) is 2.54. The molecule has 14 nitrogen and oxygen atoms in total. The van der Waals surface area contributed by atoms with Gasteiger partial charge in [0.1, 0.15) is 29.8 Å². The van der Waals surface area contributed by atoms with Crippen molar-refractivity contribution in [2.45, 2.75) is 57.8 Å². The minimum absolute atomic E-state index is 0.105. The Kier molecular flexibility index (Phi) is 10.7. The Morgan fingerprint density at radius 1 is 0.750 bits per heavy atom. The van der Waals surface area contributed by atoms with Crippen molar-refractivity contribution < 1.29 is 28.7 Å². The molecule has 4 N–H and O–H groups in total. The number of imidazole rings is 2. The zero-order valence-corrected chi connectivity index (χ0v) is 29.9. The number of likely N-dealkylation sites (tertiary alicyclic amines) is 1. The second kappa shape index (κ2) is 15.5. The normalized spacial score (nSPS) is 18.0. The second-order valence-corrected chi connectivity index (χ2v) is 13.3. The molecule has 1 saturated heterocycles. The number of aromatic amines is 2. The van der Waals surface area contributed by atoms with Gasteiger partial charge < -0.3 is 39.9 Å². The van der Waals surface area contributed by atoms with Crippen molar-refractivity contribution in [3.8, 4) is 33.6 Å². The summed E-state index contributed by atoms with van der Waals surface area (Å²) in [5, 5.41) is 5.21. The van der Waals surface area contributed by atoms with Crippen molar-refractivity contribution in [1.82, 2.24) is 40.4 Å². The molecule has 2 aliphatic rings. The van der Waals surface area contributed by atoms with Gasteiger partial charge in [-0.1, -0.05) is 74.5 Å². The highest BCUT2D eigenvalue weighted by Crippen LogP contribution is 2.34. The fourth-order valence-corrected chi connectivity index (χ4v) is 6.70. The summed E-state index contributed by atoms with van der Waals surface area (Å²) in [4.78, 5) is 69.5. The number of benzene rings is 2. The van der Waals surface area contributed by atoms with Crippen LogP contribution in [0.5, 0.6) is 0 Å². The first-order valence-electron chi connectivity index (χ1n) is 17.4. The second-order valence-electron chi connectivity index (χ2n) is 13.3. The van der Waals surface area contributed by atoms with Gasteiger partial charge in [-0.2, -0.15) is 0 Å². The molecule has 0 unspecified atom stereocenters. The Bertz CT molecular complexity index is 1930. The molecule has 272 valence electrons. The van der Waals surface area contributed by atoms with E-state index in [1.165, 1.54) is 14.2 Å². The van der Waals surface area contributed by atoms with Crippen LogP contribution in [0.4, 0.5) is 9.59 Å². The number of amides is 4. The van der Waals surface area contributed by atoms with Gasteiger partial charge in [0.2, 0.25) is 11.8 Å². The van der Waals surface area contributed by atoms with Gasteiger partial charge in [0.25, 0.3) is 0 Å². The van der Waals surface area contributed by atoms with Gasteiger partial charge in [-0.25, -0.2) is 19.6 Å². The number of ether oxygens (including phenoxy) is 2. The number of alkyl carbamates (subject to hydrolysis) is 2. The third-order valence-electron chi connectivity index (χ3n) is 9.57. The van der Waals surface area contributed by atoms with Crippen LogP contribution >= 0.6 is 0 Å². The predicted molar refractivity (Wildman–Crippen MR) is 193 cm³/mol. The summed E-state index contributed by atoms with van der Waals surface area (Å²) < 4.78 is 9.37. The molecule has 0 bridgehead atoms. The molecule has 4 heterocycles. The summed E-state index contributed by atoms with van der Waals surface area (Å²) >= 11 is 0. The smallest absolute Gasteiger partial charge is 0.407 e. The highest BCUT2D eigenvalue weighted by molar-refractivity contribution is 5.87. The summed E-state index contributed by atoms with van der Waals surface area (Å²) in [6.07, 6.45) is 7.71. The van der Waals surface area contributed by atoms with E-state index < -0.39 is 24.3 Å². The first-order chi connectivity index (χ1) is 25.1. The first kappa shape index (κ1) is 35.9. The largest absolute Gasteiger partial charge is 0.453 e. The molecule has 0 aliphatic carbocycles. The van der Waals surface area contributed by atoms with Crippen molar-refractivity contribution in [3.63, 3.8) is 0 Å². The van der Waals surface area contributed by atoms with Gasteiger partial charge in [0, 0.05) is 13.1 Å². The fraction of sp³-hybridized carbons (Fsp3) is 0.368. The summed E-state index contributed by atoms with van der Waals surface area (Å²) in [5.74, 6) is 0.865. The maximum atomic E-state index is 13.5. The summed E-state index contributed by atoms with van der Waals surface area (Å²) in [6, 6.07) is 14.3. The minimum Gasteiger partial charge on any atom is -0.453 e. The maximum Gasteiger partial charge on any atom is 0.407 e. The van der Waals surface area contributed by atoms with Crippen LogP contribution in [-0.2, 0) is 19.1 Å². The molecular weight excluding hydrogens is 664 g/mol. The summed E-state index contributed by atoms with van der Waals surface area (Å²) in [6.45, 7) is 6.42. The van der Waals surface area contributed by atoms with Crippen molar-refractivity contribution >= 4 is 24.0 Å². The number of hydrogen-bond acceptors (Lipinski definition) is 8. The third-order valence-corrected chi connectivity index (χ3v) is 9.57. The van der Waals surface area contributed by atoms with Crippen molar-refractivity contribution in [3.05, 3.63) is 84.7 Å². The van der Waals surface area contributed by atoms with E-state index in [-0.39, 0.29) is 29.8 Å². The van der Waals surface area contributed by atoms with E-state index in [4.69, 9.17) is 4.74 Å². The number of carbonyl (C=O) groups is 4. The Hall–Kier alpha value is -5.92. The first-order valence-corrected chi connectivity index (χ1v) is 17.4. The summed E-state index contributed by atoms with van der Waals surface area (Å²) in [5.41, 5.74) is 5.68. The quantitative estimate of drug-likeness (QED) is 0.159. The average Bonchev–Trinajstić information content (AvgIpc) is 3.99. The number of methoxy groups -OCH3 is 2. The molecule has 2 aromatic heterocycles. The number of aromatic nitrogens is 4. The van der Waals surface area contributed by atoms with E-state index in [9.17, 15) is 19.2 Å². The van der Waals surface area contributed by atoms with Crippen molar-refractivity contribution in [2.75, 3.05) is 27.3 Å². The molecule has 4 atom stereocenters. The lowest BCUT2D eigenvalue weighted by Crippen LogP contribution is -2.51. The molecule has 0 saturated carbocycles. The van der Waals surface area contributed by atoms with Gasteiger partial charge >= 0.3 is 12.2 Å². The highest BCUT2D eigenvalue weighted by Gasteiger charge is 2.37. The van der Waals surface area contributed by atoms with Crippen LogP contribution in [-0.4, -0.2) is 93.1 Å². The molecule has 2 aromatic carbocycles. The predicted octanol–water partition coefficient (Wildman–Crippen LogP) is 5.36. The van der Waals surface area contributed by atoms with Gasteiger partial charge in [-0.05, 0) is 47.9 Å². The van der Waals surface area contributed by atoms with E-state index >= 15 is 0 Å². The van der Waals surface area contributed by atoms with Crippen LogP contribution in [0.25, 0.3) is 33.6 Å². The number of nitrogens with zero attached hydrogens (tertiary/aromatic N) is 4. The van der Waals surface area contributed by atoms with Gasteiger partial charge in [0.05, 0.1) is 44.0 Å². The topological polar surface area (TPSA) is 175 Å². The van der Waals surface area contributed by atoms with E-state index in [2.05, 4.69) is 59.6 Å². The van der Waals surface area contributed by atoms with Crippen LogP contribution < -0.4 is 10.6 Å². The average molecular weight is 709 g/mol. The molecule has 4 aromatic rings. The lowest BCUT2D eigenvalue weighted by molar-refractivity contribution is -0.135. The third kappa shape index (κ3) is 7.55. The van der Waals surface area contributed by atoms with Crippen LogP contribution in [0, 0.1) is 5.92 Å². The molecule has 4 amide bonds. The minimum atomic E-state index is -0.746. The Morgan fingerprint density at radius 2 is 1.29 bits per heavy atom. The number of rotatable bonds is 10. The molecule has 6 rings (SSSR count). The molecule has 2 aliphatic heterocycles. The fourth-order valence-electron chi connectivity index (χ4n) is 6.70. The molecule has 0 radical (unpaired) electrons. The van der Waals surface area contributed by atoms with E-state index in [0.717, 1.165) is 52.3 Å². The lowest BCUT2D eigenvalue weighted by Gasteiger charge is -2.30. The van der Waals surface area contributed by atoms with Crippen LogP contribution in [0.2, 0.25) is 0 Å². The van der Waals surface area contributed by atoms with Crippen molar-refractivity contribution in [1.29, 1.82) is 0 Å². The number of nitrogens with one attached hydrogen (secondary N) is 4. The van der Waals surface area contributed by atoms with E-state index in [1.807, 2.05) is 50.3 Å². The zero-order valence-electron chi connectivity index (χ0n) is 29.9. The SMILES string of the molecule is COC(=O)N[C@@H](C)C(=O)N1CC=C[C@H]1c1ncc(-c2ccc(-c3ccc(-c4cnc([C@@H]5CCCN5C(=O)[C@@H](NC(=O)OC)C(C)C)[nH]4)cc3)cc2)[nH]1. The van der Waals surface area contributed by atoms with Crippen molar-refractivity contribution in [2.24, 2.45) is 5.92 Å². The van der Waals surface area contributed by atoms with Gasteiger partial charge in [-0.3, -0.25) is 9.59 Å². The molecule has 14 heteroatoms. The van der Waals surface area contributed by atoms with Crippen LogP contribution in [0.3, 0.4) is 0 Å². The zero-order chi connectivity index (χ0) is 36.9. The molecular formula is C38H44N8O6. The Morgan fingerprint density at radius 3 is 1.87 bits per heavy atom. The van der Waals surface area contributed by atoms with Gasteiger partial charge in [-0.15, -0.1) is 0 Å². The molecule has 0 spiro atoms. The van der Waals surface area contributed by atoms with Gasteiger partial charge in [0.15, 0.2) is 0 Å². The number of carbonyl (C=O) groups excluding carboxylic acids is 4. The monoisotopic (exact) mass is 708 g/mol. The van der Waals surface area contributed by atoms with E-state index in [0.29, 0.717) is 18.9 Å². The number of H-pyrrole nitrogens is 2. The van der Waals surface area contributed by atoms with Crippen LogP contribution in [0.1, 0.15) is 57.3 Å². The Labute approximate surface area is 302 Å². The molecule has 1 fully saturated rings.